The molecule has 2 aromatic carbocycles. The van der Waals surface area contributed by atoms with Gasteiger partial charge < -0.3 is 10.1 Å². The van der Waals surface area contributed by atoms with Crippen molar-refractivity contribution in [3.05, 3.63) is 53.6 Å². The number of rotatable bonds is 5. The summed E-state index contributed by atoms with van der Waals surface area (Å²) in [7, 11) is 1.62. The van der Waals surface area contributed by atoms with Gasteiger partial charge in [0.25, 0.3) is 0 Å². The SMILES string of the molecule is COc1ccc(-c2ccc(F)cc2F)cc1CNC1CC1. The van der Waals surface area contributed by atoms with Crippen molar-refractivity contribution in [1.29, 1.82) is 0 Å². The van der Waals surface area contributed by atoms with Gasteiger partial charge >= 0.3 is 0 Å². The average Bonchev–Trinajstić information content (AvgIpc) is 3.29. The number of hydrogen-bond acceptors (Lipinski definition) is 2. The average molecular weight is 289 g/mol. The van der Waals surface area contributed by atoms with Gasteiger partial charge in [0, 0.05) is 29.8 Å². The van der Waals surface area contributed by atoms with E-state index in [1.165, 1.54) is 25.0 Å². The highest BCUT2D eigenvalue weighted by atomic mass is 19.1. The van der Waals surface area contributed by atoms with E-state index in [0.29, 0.717) is 18.2 Å². The Morgan fingerprint density at radius 1 is 1.14 bits per heavy atom. The molecule has 2 nitrogen and oxygen atoms in total. The van der Waals surface area contributed by atoms with Gasteiger partial charge in [0.15, 0.2) is 0 Å². The number of nitrogens with one attached hydrogen (secondary N) is 1. The van der Waals surface area contributed by atoms with Crippen LogP contribution in [-0.2, 0) is 6.54 Å². The van der Waals surface area contributed by atoms with Crippen LogP contribution < -0.4 is 10.1 Å². The Morgan fingerprint density at radius 3 is 2.62 bits per heavy atom. The summed E-state index contributed by atoms with van der Waals surface area (Å²) < 4.78 is 32.2. The molecule has 0 bridgehead atoms. The van der Waals surface area contributed by atoms with E-state index in [2.05, 4.69) is 5.32 Å². The zero-order valence-electron chi connectivity index (χ0n) is 11.8. The lowest BCUT2D eigenvalue weighted by Crippen LogP contribution is -2.15. The Kier molecular flexibility index (Phi) is 3.88. The number of ether oxygens (including phenoxy) is 1. The molecule has 0 heterocycles. The lowest BCUT2D eigenvalue weighted by atomic mass is 10.0. The minimum Gasteiger partial charge on any atom is -0.496 e. The van der Waals surface area contributed by atoms with Crippen LogP contribution in [0.4, 0.5) is 8.78 Å². The molecule has 1 aliphatic carbocycles. The molecule has 110 valence electrons. The van der Waals surface area contributed by atoms with Crippen LogP contribution in [0.5, 0.6) is 5.75 Å². The summed E-state index contributed by atoms with van der Waals surface area (Å²) in [6, 6.07) is 9.72. The molecule has 1 N–H and O–H groups in total. The van der Waals surface area contributed by atoms with Crippen LogP contribution in [0.3, 0.4) is 0 Å². The molecule has 0 spiro atoms. The van der Waals surface area contributed by atoms with Crippen LogP contribution in [0.15, 0.2) is 36.4 Å². The van der Waals surface area contributed by atoms with Crippen molar-refractivity contribution in [2.24, 2.45) is 0 Å². The summed E-state index contributed by atoms with van der Waals surface area (Å²) in [5, 5.41) is 3.42. The lowest BCUT2D eigenvalue weighted by Gasteiger charge is -2.12. The van der Waals surface area contributed by atoms with Crippen LogP contribution in [0.2, 0.25) is 0 Å². The van der Waals surface area contributed by atoms with E-state index < -0.39 is 11.6 Å². The largest absolute Gasteiger partial charge is 0.496 e. The maximum Gasteiger partial charge on any atom is 0.133 e. The topological polar surface area (TPSA) is 21.3 Å². The van der Waals surface area contributed by atoms with Gasteiger partial charge in [-0.1, -0.05) is 6.07 Å². The van der Waals surface area contributed by atoms with Gasteiger partial charge in [-0.05, 0) is 42.7 Å². The summed E-state index contributed by atoms with van der Waals surface area (Å²) >= 11 is 0. The smallest absolute Gasteiger partial charge is 0.133 e. The van der Waals surface area contributed by atoms with Gasteiger partial charge in [-0.15, -0.1) is 0 Å². The zero-order valence-corrected chi connectivity index (χ0v) is 11.8. The Bertz CT molecular complexity index is 653. The van der Waals surface area contributed by atoms with Crippen molar-refractivity contribution in [3.8, 4) is 16.9 Å². The monoisotopic (exact) mass is 289 g/mol. The van der Waals surface area contributed by atoms with Gasteiger partial charge in [-0.25, -0.2) is 8.78 Å². The van der Waals surface area contributed by atoms with Gasteiger partial charge in [0.2, 0.25) is 0 Å². The number of methoxy groups -OCH3 is 1. The maximum absolute atomic E-state index is 13.9. The third kappa shape index (κ3) is 3.22. The Labute approximate surface area is 122 Å². The van der Waals surface area contributed by atoms with E-state index in [1.54, 1.807) is 13.2 Å². The van der Waals surface area contributed by atoms with E-state index in [0.717, 1.165) is 22.9 Å². The predicted molar refractivity (Wildman–Crippen MR) is 78.2 cm³/mol. The second kappa shape index (κ2) is 5.82. The molecule has 4 heteroatoms. The lowest BCUT2D eigenvalue weighted by molar-refractivity contribution is 0.407. The van der Waals surface area contributed by atoms with Crippen molar-refractivity contribution in [2.75, 3.05) is 7.11 Å². The molecule has 0 unspecified atom stereocenters. The standard InChI is InChI=1S/C17H17F2NO/c1-21-17-7-2-11(8-12(17)10-20-14-4-5-14)15-6-3-13(18)9-16(15)19/h2-3,6-9,14,20H,4-5,10H2,1H3. The predicted octanol–water partition coefficient (Wildman–Crippen LogP) is 3.89. The molecule has 0 aromatic heterocycles. The zero-order chi connectivity index (χ0) is 14.8. The fraction of sp³-hybridized carbons (Fsp3) is 0.294. The quantitative estimate of drug-likeness (QED) is 0.901. The van der Waals surface area contributed by atoms with Gasteiger partial charge in [-0.3, -0.25) is 0 Å². The summed E-state index contributed by atoms with van der Waals surface area (Å²) in [5.41, 5.74) is 2.10. The Hall–Kier alpha value is -1.94. The first-order valence-electron chi connectivity index (χ1n) is 7.03. The first-order chi connectivity index (χ1) is 10.2. The van der Waals surface area contributed by atoms with Crippen LogP contribution in [-0.4, -0.2) is 13.2 Å². The van der Waals surface area contributed by atoms with Crippen LogP contribution in [0, 0.1) is 11.6 Å². The fourth-order valence-electron chi connectivity index (χ4n) is 2.35. The molecule has 0 amide bonds. The van der Waals surface area contributed by atoms with E-state index in [4.69, 9.17) is 4.74 Å². The second-order valence-corrected chi connectivity index (χ2v) is 5.31. The summed E-state index contributed by atoms with van der Waals surface area (Å²) in [4.78, 5) is 0. The van der Waals surface area contributed by atoms with E-state index >= 15 is 0 Å². The molecular weight excluding hydrogens is 272 g/mol. The number of benzene rings is 2. The van der Waals surface area contributed by atoms with Crippen molar-refractivity contribution in [2.45, 2.75) is 25.4 Å². The van der Waals surface area contributed by atoms with Crippen LogP contribution >= 0.6 is 0 Å². The Balaban J connectivity index is 1.92. The van der Waals surface area contributed by atoms with Gasteiger partial charge in [0.1, 0.15) is 17.4 Å². The van der Waals surface area contributed by atoms with Gasteiger partial charge in [-0.2, -0.15) is 0 Å². The highest BCUT2D eigenvalue weighted by Gasteiger charge is 2.20. The second-order valence-electron chi connectivity index (χ2n) is 5.31. The van der Waals surface area contributed by atoms with Crippen molar-refractivity contribution in [3.63, 3.8) is 0 Å². The molecule has 0 atom stereocenters. The van der Waals surface area contributed by atoms with Crippen LogP contribution in [0.1, 0.15) is 18.4 Å². The molecule has 1 saturated carbocycles. The van der Waals surface area contributed by atoms with E-state index in [9.17, 15) is 8.78 Å². The Morgan fingerprint density at radius 2 is 1.95 bits per heavy atom. The third-order valence-corrected chi connectivity index (χ3v) is 3.68. The molecule has 0 saturated heterocycles. The fourth-order valence-corrected chi connectivity index (χ4v) is 2.35. The van der Waals surface area contributed by atoms with E-state index in [-0.39, 0.29) is 0 Å². The summed E-state index contributed by atoms with van der Waals surface area (Å²) in [6.07, 6.45) is 2.41. The highest BCUT2D eigenvalue weighted by Crippen LogP contribution is 2.29. The van der Waals surface area contributed by atoms with Crippen molar-refractivity contribution in [1.82, 2.24) is 5.32 Å². The minimum atomic E-state index is -0.569. The number of halogens is 2. The first-order valence-corrected chi connectivity index (χ1v) is 7.03. The first kappa shape index (κ1) is 14.0. The molecule has 1 fully saturated rings. The van der Waals surface area contributed by atoms with Gasteiger partial charge in [0.05, 0.1) is 7.11 Å². The minimum absolute atomic E-state index is 0.395. The summed E-state index contributed by atoms with van der Waals surface area (Å²) in [6.45, 7) is 0.685. The highest BCUT2D eigenvalue weighted by molar-refractivity contribution is 5.66. The number of hydrogen-bond donors (Lipinski definition) is 1. The van der Waals surface area contributed by atoms with Crippen molar-refractivity contribution < 1.29 is 13.5 Å². The molecule has 2 aromatic rings. The molecule has 1 aliphatic rings. The molecule has 21 heavy (non-hydrogen) atoms. The molecule has 0 radical (unpaired) electrons. The molecule has 0 aliphatic heterocycles. The van der Waals surface area contributed by atoms with E-state index in [1.807, 2.05) is 12.1 Å². The maximum atomic E-state index is 13.9. The third-order valence-electron chi connectivity index (χ3n) is 3.68. The van der Waals surface area contributed by atoms with Crippen LogP contribution in [0.25, 0.3) is 11.1 Å². The summed E-state index contributed by atoms with van der Waals surface area (Å²) in [5.74, 6) is -0.351. The molecular formula is C17H17F2NO. The molecule has 3 rings (SSSR count). The normalized spacial score (nSPS) is 14.2. The van der Waals surface area contributed by atoms with Crippen molar-refractivity contribution >= 4 is 0 Å².